The number of morpholine rings is 1. The molecule has 2 aliphatic heterocycles. The van der Waals surface area contributed by atoms with Gasteiger partial charge in [-0.25, -0.2) is 17.8 Å². The number of rotatable bonds is 5. The number of halogens is 1. The summed E-state index contributed by atoms with van der Waals surface area (Å²) >= 11 is 0. The summed E-state index contributed by atoms with van der Waals surface area (Å²) in [5, 5.41) is 2.70. The first-order valence-electron chi connectivity index (χ1n) is 10.4. The van der Waals surface area contributed by atoms with E-state index in [1.54, 1.807) is 18.3 Å². The Balaban J connectivity index is 1.58. The van der Waals surface area contributed by atoms with Gasteiger partial charge in [-0.1, -0.05) is 0 Å². The van der Waals surface area contributed by atoms with Crippen molar-refractivity contribution in [1.29, 1.82) is 0 Å². The summed E-state index contributed by atoms with van der Waals surface area (Å²) in [5.74, 6) is -0.683. The van der Waals surface area contributed by atoms with Crippen LogP contribution in [0.2, 0.25) is 0 Å². The van der Waals surface area contributed by atoms with Crippen molar-refractivity contribution in [3.05, 3.63) is 47.9 Å². The molecule has 166 valence electrons. The van der Waals surface area contributed by atoms with Crippen molar-refractivity contribution in [2.45, 2.75) is 24.2 Å². The molecule has 2 fully saturated rings. The molecular weight excluding hydrogens is 423 g/mol. The maximum absolute atomic E-state index is 14.4. The standard InChI is InChI=1S/C21H25FN4O4S/c22-18-7-6-16(15-19(18)31(28,29)26-11-13-30-14-12-26)24-21(27)17-5-4-8-23-20(17)25-9-2-1-3-10-25/h4-8,15H,1-3,9-14H2,(H,24,27). The summed E-state index contributed by atoms with van der Waals surface area (Å²) in [6.45, 7) is 2.50. The van der Waals surface area contributed by atoms with E-state index in [9.17, 15) is 17.6 Å². The number of nitrogens with zero attached hydrogens (tertiary/aromatic N) is 3. The van der Waals surface area contributed by atoms with Gasteiger partial charge in [0.2, 0.25) is 10.0 Å². The lowest BCUT2D eigenvalue weighted by atomic mass is 10.1. The summed E-state index contributed by atoms with van der Waals surface area (Å²) in [6.07, 6.45) is 4.88. The molecule has 1 aromatic heterocycles. The second-order valence-corrected chi connectivity index (χ2v) is 9.44. The van der Waals surface area contributed by atoms with E-state index in [1.807, 2.05) is 0 Å². The minimum atomic E-state index is -4.03. The largest absolute Gasteiger partial charge is 0.379 e. The van der Waals surface area contributed by atoms with Gasteiger partial charge in [0, 0.05) is 38.1 Å². The lowest BCUT2D eigenvalue weighted by molar-refractivity contribution is 0.0729. The summed E-state index contributed by atoms with van der Waals surface area (Å²) in [7, 11) is -4.03. The predicted molar refractivity (Wildman–Crippen MR) is 114 cm³/mol. The molecule has 1 aromatic carbocycles. The molecule has 8 nitrogen and oxygen atoms in total. The molecule has 0 spiro atoms. The Morgan fingerprint density at radius 3 is 2.55 bits per heavy atom. The Bertz CT molecular complexity index is 1050. The fraction of sp³-hybridized carbons (Fsp3) is 0.429. The van der Waals surface area contributed by atoms with Gasteiger partial charge in [0.25, 0.3) is 5.91 Å². The Morgan fingerprint density at radius 1 is 1.06 bits per heavy atom. The van der Waals surface area contributed by atoms with Crippen LogP contribution in [0.4, 0.5) is 15.9 Å². The van der Waals surface area contributed by atoms with Gasteiger partial charge in [-0.3, -0.25) is 4.79 Å². The zero-order valence-corrected chi connectivity index (χ0v) is 17.9. The van der Waals surface area contributed by atoms with Crippen LogP contribution >= 0.6 is 0 Å². The Morgan fingerprint density at radius 2 is 1.81 bits per heavy atom. The van der Waals surface area contributed by atoms with Crippen LogP contribution in [0.5, 0.6) is 0 Å². The predicted octanol–water partition coefficient (Wildman–Crippen LogP) is 2.48. The molecule has 3 heterocycles. The molecule has 1 amide bonds. The smallest absolute Gasteiger partial charge is 0.259 e. The Hall–Kier alpha value is -2.56. The van der Waals surface area contributed by atoms with Crippen molar-refractivity contribution in [2.75, 3.05) is 49.6 Å². The normalized spacial score (nSPS) is 18.0. The molecule has 31 heavy (non-hydrogen) atoms. The minimum absolute atomic E-state index is 0.160. The highest BCUT2D eigenvalue weighted by Crippen LogP contribution is 2.26. The summed E-state index contributed by atoms with van der Waals surface area (Å²) in [5.41, 5.74) is 0.595. The van der Waals surface area contributed by atoms with Crippen molar-refractivity contribution in [3.8, 4) is 0 Å². The fourth-order valence-electron chi connectivity index (χ4n) is 3.84. The number of aromatic nitrogens is 1. The highest BCUT2D eigenvalue weighted by Gasteiger charge is 2.29. The van der Waals surface area contributed by atoms with E-state index in [-0.39, 0.29) is 32.0 Å². The van der Waals surface area contributed by atoms with Gasteiger partial charge in [-0.15, -0.1) is 0 Å². The van der Waals surface area contributed by atoms with Gasteiger partial charge in [0.15, 0.2) is 0 Å². The number of nitrogens with one attached hydrogen (secondary N) is 1. The van der Waals surface area contributed by atoms with Gasteiger partial charge in [-0.05, 0) is 49.6 Å². The van der Waals surface area contributed by atoms with Crippen LogP contribution in [-0.4, -0.2) is 63.0 Å². The topological polar surface area (TPSA) is 91.8 Å². The number of ether oxygens (including phenoxy) is 1. The number of carbonyl (C=O) groups excluding carboxylic acids is 1. The van der Waals surface area contributed by atoms with E-state index in [0.717, 1.165) is 44.5 Å². The lowest BCUT2D eigenvalue weighted by Gasteiger charge is -2.29. The van der Waals surface area contributed by atoms with Gasteiger partial charge in [0.05, 0.1) is 18.8 Å². The second kappa shape index (κ2) is 9.29. The first-order valence-corrected chi connectivity index (χ1v) is 11.8. The first kappa shape index (κ1) is 21.7. The van der Waals surface area contributed by atoms with Crippen molar-refractivity contribution >= 4 is 27.4 Å². The van der Waals surface area contributed by atoms with E-state index in [2.05, 4.69) is 15.2 Å². The molecule has 0 atom stereocenters. The molecule has 0 unspecified atom stereocenters. The molecule has 2 saturated heterocycles. The minimum Gasteiger partial charge on any atom is -0.379 e. The first-order chi connectivity index (χ1) is 15.0. The van der Waals surface area contributed by atoms with Crippen molar-refractivity contribution in [1.82, 2.24) is 9.29 Å². The number of anilines is 2. The monoisotopic (exact) mass is 448 g/mol. The molecule has 0 radical (unpaired) electrons. The second-order valence-electron chi connectivity index (χ2n) is 7.54. The number of amides is 1. The van der Waals surface area contributed by atoms with Crippen LogP contribution < -0.4 is 10.2 Å². The molecule has 0 saturated carbocycles. The number of pyridine rings is 1. The van der Waals surface area contributed by atoms with Crippen molar-refractivity contribution in [2.24, 2.45) is 0 Å². The third kappa shape index (κ3) is 4.70. The summed E-state index contributed by atoms with van der Waals surface area (Å²) in [6, 6.07) is 6.93. The lowest BCUT2D eigenvalue weighted by Crippen LogP contribution is -2.40. The van der Waals surface area contributed by atoms with Crippen molar-refractivity contribution in [3.63, 3.8) is 0 Å². The van der Waals surface area contributed by atoms with Gasteiger partial charge in [-0.2, -0.15) is 4.31 Å². The van der Waals surface area contributed by atoms with Crippen LogP contribution in [0.1, 0.15) is 29.6 Å². The number of sulfonamides is 1. The van der Waals surface area contributed by atoms with Crippen LogP contribution in [-0.2, 0) is 14.8 Å². The molecule has 0 aliphatic carbocycles. The number of benzene rings is 1. The van der Waals surface area contributed by atoms with E-state index in [1.165, 1.54) is 10.4 Å². The molecule has 2 aliphatic rings. The highest BCUT2D eigenvalue weighted by molar-refractivity contribution is 7.89. The van der Waals surface area contributed by atoms with Gasteiger partial charge < -0.3 is 15.0 Å². The maximum atomic E-state index is 14.4. The van der Waals surface area contributed by atoms with E-state index >= 15 is 0 Å². The third-order valence-corrected chi connectivity index (χ3v) is 7.38. The van der Waals surface area contributed by atoms with Crippen LogP contribution in [0, 0.1) is 5.82 Å². The molecule has 1 N–H and O–H groups in total. The van der Waals surface area contributed by atoms with Crippen molar-refractivity contribution < 1.29 is 22.3 Å². The number of piperidine rings is 1. The Labute approximate surface area is 181 Å². The number of hydrogen-bond acceptors (Lipinski definition) is 6. The van der Waals surface area contributed by atoms with Crippen LogP contribution in [0.3, 0.4) is 0 Å². The Kier molecular flexibility index (Phi) is 6.49. The maximum Gasteiger partial charge on any atom is 0.259 e. The van der Waals surface area contributed by atoms with Crippen LogP contribution in [0.15, 0.2) is 41.4 Å². The van der Waals surface area contributed by atoms with E-state index in [4.69, 9.17) is 4.74 Å². The average molecular weight is 449 g/mol. The molecule has 4 rings (SSSR count). The zero-order chi connectivity index (χ0) is 21.8. The number of carbonyl (C=O) groups is 1. The highest BCUT2D eigenvalue weighted by atomic mass is 32.2. The molecule has 10 heteroatoms. The van der Waals surface area contributed by atoms with Crippen LogP contribution in [0.25, 0.3) is 0 Å². The zero-order valence-electron chi connectivity index (χ0n) is 17.1. The summed E-state index contributed by atoms with van der Waals surface area (Å²) in [4.78, 5) is 19.0. The average Bonchev–Trinajstić information content (AvgIpc) is 2.81. The third-order valence-electron chi connectivity index (χ3n) is 5.46. The van der Waals surface area contributed by atoms with E-state index < -0.39 is 26.6 Å². The quantitative estimate of drug-likeness (QED) is 0.756. The molecule has 0 bridgehead atoms. The summed E-state index contributed by atoms with van der Waals surface area (Å²) < 4.78 is 46.5. The SMILES string of the molecule is O=C(Nc1ccc(F)c(S(=O)(=O)N2CCOCC2)c1)c1cccnc1N1CCCCC1. The fourth-order valence-corrected chi connectivity index (χ4v) is 5.33. The van der Waals surface area contributed by atoms with E-state index in [0.29, 0.717) is 11.4 Å². The van der Waals surface area contributed by atoms with Gasteiger partial charge >= 0.3 is 0 Å². The molecular formula is C21H25FN4O4S. The number of hydrogen-bond donors (Lipinski definition) is 1. The molecule has 2 aromatic rings. The van der Waals surface area contributed by atoms with Gasteiger partial charge in [0.1, 0.15) is 16.5 Å².